The van der Waals surface area contributed by atoms with Gasteiger partial charge in [0.05, 0.1) is 12.8 Å². The molecule has 4 nitrogen and oxygen atoms in total. The minimum Gasteiger partial charge on any atom is -0.496 e. The zero-order valence-corrected chi connectivity index (χ0v) is 17.6. The average Bonchev–Trinajstić information content (AvgIpc) is 2.57. The van der Waals surface area contributed by atoms with Gasteiger partial charge < -0.3 is 9.47 Å². The number of ether oxygens (including phenoxy) is 2. The number of hydrogen-bond donors (Lipinski definition) is 0. The zero-order valence-electron chi connectivity index (χ0n) is 16.0. The quantitative estimate of drug-likeness (QED) is 0.618. The van der Waals surface area contributed by atoms with E-state index in [2.05, 4.69) is 28.1 Å². The van der Waals surface area contributed by atoms with Crippen molar-refractivity contribution in [1.82, 2.24) is 0 Å². The maximum atomic E-state index is 12.9. The van der Waals surface area contributed by atoms with Crippen molar-refractivity contribution in [3.05, 3.63) is 58.1 Å². The van der Waals surface area contributed by atoms with Crippen molar-refractivity contribution in [1.29, 1.82) is 0 Å². The van der Waals surface area contributed by atoms with Gasteiger partial charge >= 0.3 is 6.09 Å². The second-order valence-corrected chi connectivity index (χ2v) is 7.95. The molecule has 0 heterocycles. The summed E-state index contributed by atoms with van der Waals surface area (Å²) >= 11 is 3.58. The second-order valence-electron chi connectivity index (χ2n) is 7.09. The summed E-state index contributed by atoms with van der Waals surface area (Å²) in [6.07, 6.45) is 0.355. The lowest BCUT2D eigenvalue weighted by Crippen LogP contribution is -2.38. The van der Waals surface area contributed by atoms with Crippen molar-refractivity contribution >= 4 is 27.7 Å². The summed E-state index contributed by atoms with van der Waals surface area (Å²) in [5.41, 5.74) is 2.26. The Morgan fingerprint density at radius 1 is 1.12 bits per heavy atom. The van der Waals surface area contributed by atoms with E-state index in [0.29, 0.717) is 6.54 Å². The highest BCUT2D eigenvalue weighted by Gasteiger charge is 2.27. The minimum absolute atomic E-state index is 0.370. The topological polar surface area (TPSA) is 38.8 Å². The summed E-state index contributed by atoms with van der Waals surface area (Å²) in [6.45, 7) is 8.06. The molecule has 2 rings (SSSR count). The Morgan fingerprint density at radius 2 is 1.77 bits per heavy atom. The molecule has 0 aliphatic carbocycles. The Bertz CT molecular complexity index is 754. The van der Waals surface area contributed by atoms with E-state index >= 15 is 0 Å². The number of benzene rings is 2. The van der Waals surface area contributed by atoms with Crippen LogP contribution in [-0.2, 0) is 11.2 Å². The number of halogens is 1. The number of hydrogen-bond acceptors (Lipinski definition) is 3. The summed E-state index contributed by atoms with van der Waals surface area (Å²) in [5.74, 6) is 0.733. The van der Waals surface area contributed by atoms with E-state index in [9.17, 15) is 4.79 Å². The largest absolute Gasteiger partial charge is 0.496 e. The summed E-state index contributed by atoms with van der Waals surface area (Å²) in [6, 6.07) is 13.9. The molecule has 5 heteroatoms. The molecule has 26 heavy (non-hydrogen) atoms. The molecule has 0 saturated carbocycles. The fourth-order valence-corrected chi connectivity index (χ4v) is 3.34. The molecule has 2 aromatic carbocycles. The number of carbonyl (C=O) groups is 1. The van der Waals surface area contributed by atoms with E-state index in [1.54, 1.807) is 12.0 Å². The molecule has 0 unspecified atom stereocenters. The number of rotatable bonds is 5. The molecule has 0 fully saturated rings. The number of amides is 1. The highest BCUT2D eigenvalue weighted by atomic mass is 79.9. The van der Waals surface area contributed by atoms with E-state index in [0.717, 1.165) is 33.5 Å². The molecule has 0 aliphatic rings. The lowest BCUT2D eigenvalue weighted by molar-refractivity contribution is 0.0580. The van der Waals surface area contributed by atoms with Crippen molar-refractivity contribution in [3.63, 3.8) is 0 Å². The van der Waals surface area contributed by atoms with Crippen LogP contribution in [0.5, 0.6) is 5.75 Å². The Labute approximate surface area is 164 Å². The first kappa shape index (κ1) is 20.3. The van der Waals surface area contributed by atoms with E-state index < -0.39 is 5.60 Å². The van der Waals surface area contributed by atoms with Crippen LogP contribution in [0.15, 0.2) is 46.9 Å². The molecule has 0 N–H and O–H groups in total. The first-order valence-corrected chi connectivity index (χ1v) is 9.40. The first-order chi connectivity index (χ1) is 12.2. The summed E-state index contributed by atoms with van der Waals surface area (Å²) < 4.78 is 11.9. The van der Waals surface area contributed by atoms with Gasteiger partial charge in [-0.05, 0) is 67.7 Å². The lowest BCUT2D eigenvalue weighted by atomic mass is 10.1. The molecular formula is C21H26BrNO3. The monoisotopic (exact) mass is 419 g/mol. The van der Waals surface area contributed by atoms with Gasteiger partial charge in [0.15, 0.2) is 0 Å². The van der Waals surface area contributed by atoms with E-state index in [4.69, 9.17) is 9.47 Å². The highest BCUT2D eigenvalue weighted by Crippen LogP contribution is 2.36. The number of nitrogens with zero attached hydrogens (tertiary/aromatic N) is 1. The van der Waals surface area contributed by atoms with Gasteiger partial charge in [-0.2, -0.15) is 0 Å². The maximum Gasteiger partial charge on any atom is 0.414 e. The maximum absolute atomic E-state index is 12.9. The molecule has 0 bridgehead atoms. The van der Waals surface area contributed by atoms with Crippen LogP contribution in [0.4, 0.5) is 10.5 Å². The van der Waals surface area contributed by atoms with Gasteiger partial charge in [0.1, 0.15) is 11.4 Å². The Kier molecular flexibility index (Phi) is 6.70. The van der Waals surface area contributed by atoms with Crippen molar-refractivity contribution < 1.29 is 14.3 Å². The van der Waals surface area contributed by atoms with E-state index in [-0.39, 0.29) is 6.09 Å². The third-order valence-electron chi connectivity index (χ3n) is 3.90. The molecule has 2 aromatic rings. The molecular weight excluding hydrogens is 394 g/mol. The summed E-state index contributed by atoms with van der Waals surface area (Å²) in [4.78, 5) is 14.6. The highest BCUT2D eigenvalue weighted by molar-refractivity contribution is 9.10. The third-order valence-corrected chi connectivity index (χ3v) is 4.54. The molecule has 0 aromatic heterocycles. The fraction of sp³-hybridized carbons (Fsp3) is 0.381. The SMILES string of the molecule is COc1ccc(Br)c(N(CCc2ccccc2)C(=O)OC(C)(C)C)c1C. The van der Waals surface area contributed by atoms with Crippen LogP contribution in [0, 0.1) is 6.92 Å². The predicted molar refractivity (Wildman–Crippen MR) is 109 cm³/mol. The van der Waals surface area contributed by atoms with Crippen LogP contribution in [0.2, 0.25) is 0 Å². The Hall–Kier alpha value is -2.01. The van der Waals surface area contributed by atoms with Crippen LogP contribution in [0.1, 0.15) is 31.9 Å². The van der Waals surface area contributed by atoms with Crippen LogP contribution < -0.4 is 9.64 Å². The zero-order chi connectivity index (χ0) is 19.3. The van der Waals surface area contributed by atoms with Gasteiger partial charge in [-0.3, -0.25) is 4.90 Å². The molecule has 1 amide bonds. The minimum atomic E-state index is -0.568. The number of carbonyl (C=O) groups excluding carboxylic acids is 1. The van der Waals surface area contributed by atoms with Crippen LogP contribution >= 0.6 is 15.9 Å². The van der Waals surface area contributed by atoms with Gasteiger partial charge in [-0.15, -0.1) is 0 Å². The van der Waals surface area contributed by atoms with Gasteiger partial charge in [0.2, 0.25) is 0 Å². The van der Waals surface area contributed by atoms with Gasteiger partial charge in [0, 0.05) is 16.6 Å². The summed E-state index contributed by atoms with van der Waals surface area (Å²) in [7, 11) is 1.63. The molecule has 0 saturated heterocycles. The first-order valence-electron chi connectivity index (χ1n) is 8.60. The fourth-order valence-electron chi connectivity index (χ4n) is 2.70. The van der Waals surface area contributed by atoms with Crippen molar-refractivity contribution in [3.8, 4) is 5.75 Å². The van der Waals surface area contributed by atoms with Crippen LogP contribution in [-0.4, -0.2) is 25.3 Å². The number of anilines is 1. The van der Waals surface area contributed by atoms with Crippen molar-refractivity contribution in [2.24, 2.45) is 0 Å². The molecule has 140 valence electrons. The van der Waals surface area contributed by atoms with Gasteiger partial charge in [-0.25, -0.2) is 4.79 Å². The van der Waals surface area contributed by atoms with E-state index in [1.807, 2.05) is 58.0 Å². The third kappa shape index (κ3) is 5.24. The Balaban J connectivity index is 2.38. The average molecular weight is 420 g/mol. The second kappa shape index (κ2) is 8.58. The van der Waals surface area contributed by atoms with Crippen molar-refractivity contribution in [2.45, 2.75) is 39.7 Å². The number of methoxy groups -OCH3 is 1. The van der Waals surface area contributed by atoms with Crippen LogP contribution in [0.3, 0.4) is 0 Å². The van der Waals surface area contributed by atoms with Gasteiger partial charge in [-0.1, -0.05) is 30.3 Å². The van der Waals surface area contributed by atoms with Gasteiger partial charge in [0.25, 0.3) is 0 Å². The van der Waals surface area contributed by atoms with E-state index in [1.165, 1.54) is 0 Å². The molecule has 0 spiro atoms. The summed E-state index contributed by atoms with van der Waals surface area (Å²) in [5, 5.41) is 0. The van der Waals surface area contributed by atoms with Crippen LogP contribution in [0.25, 0.3) is 0 Å². The molecule has 0 aliphatic heterocycles. The normalized spacial score (nSPS) is 11.2. The molecule has 0 radical (unpaired) electrons. The molecule has 0 atom stereocenters. The lowest BCUT2D eigenvalue weighted by Gasteiger charge is -2.29. The predicted octanol–water partition coefficient (Wildman–Crippen LogP) is 5.75. The smallest absolute Gasteiger partial charge is 0.414 e. The van der Waals surface area contributed by atoms with Crippen molar-refractivity contribution in [2.75, 3.05) is 18.6 Å². The standard InChI is InChI=1S/C21H26BrNO3/c1-15-18(25-5)12-11-17(22)19(15)23(20(24)26-21(2,3)4)14-13-16-9-7-6-8-10-16/h6-12H,13-14H2,1-5H3. The Morgan fingerprint density at radius 3 is 2.35 bits per heavy atom.